The summed E-state index contributed by atoms with van der Waals surface area (Å²) in [6.07, 6.45) is 8.91. The van der Waals surface area contributed by atoms with Crippen LogP contribution in [0.2, 0.25) is 0 Å². The van der Waals surface area contributed by atoms with Crippen LogP contribution in [0.4, 0.5) is 11.4 Å². The molecule has 0 unspecified atom stereocenters. The molecule has 3 rings (SSSR count). The highest BCUT2D eigenvalue weighted by atomic mass is 16.6. The number of non-ortho nitro benzene ring substituents is 1. The minimum Gasteiger partial charge on any atom is -0.326 e. The van der Waals surface area contributed by atoms with Crippen LogP contribution in [0.25, 0.3) is 0 Å². The molecule has 0 spiro atoms. The summed E-state index contributed by atoms with van der Waals surface area (Å²) in [7, 11) is 0. The molecule has 0 heterocycles. The molecule has 1 fully saturated rings. The molecule has 1 aromatic rings. The second-order valence-corrected chi connectivity index (χ2v) is 5.78. The Balaban J connectivity index is 1.67. The van der Waals surface area contributed by atoms with Crippen LogP contribution in [0, 0.1) is 27.9 Å². The minimum absolute atomic E-state index is 0.00508. The van der Waals surface area contributed by atoms with Crippen molar-refractivity contribution in [2.75, 3.05) is 5.32 Å². The number of nitrogens with one attached hydrogen (secondary N) is 1. The Bertz CT molecular complexity index is 597. The zero-order valence-electron chi connectivity index (χ0n) is 11.7. The van der Waals surface area contributed by atoms with Gasteiger partial charge in [0.2, 0.25) is 5.91 Å². The molecule has 0 bridgehead atoms. The quantitative estimate of drug-likeness (QED) is 0.525. The van der Waals surface area contributed by atoms with Crippen molar-refractivity contribution >= 4 is 17.3 Å². The molecule has 2 aliphatic carbocycles. The van der Waals surface area contributed by atoms with E-state index >= 15 is 0 Å². The van der Waals surface area contributed by atoms with Gasteiger partial charge in [0.15, 0.2) is 0 Å². The van der Waals surface area contributed by atoms with E-state index in [1.165, 1.54) is 25.0 Å². The number of anilines is 1. The average molecular weight is 286 g/mol. The van der Waals surface area contributed by atoms with Crippen molar-refractivity contribution in [3.8, 4) is 0 Å². The maximum atomic E-state index is 12.3. The van der Waals surface area contributed by atoms with Gasteiger partial charge in [-0.15, -0.1) is 0 Å². The van der Waals surface area contributed by atoms with Gasteiger partial charge in [0, 0.05) is 23.7 Å². The number of benzene rings is 1. The fourth-order valence-corrected chi connectivity index (χ4v) is 3.22. The Labute approximate surface area is 123 Å². The molecule has 110 valence electrons. The minimum atomic E-state index is -0.455. The molecule has 5 heteroatoms. The van der Waals surface area contributed by atoms with E-state index in [0.717, 1.165) is 12.8 Å². The standard InChI is InChI=1S/C16H18N2O3/c19-16(15-13-8-3-1-2-4-9-14(13)15)17-11-6-5-7-12(10-11)18(20)21/h3,5-8,10,13-15H,1-2,4,9H2,(H,17,19)/t13-,14-,15-/m1/s1. The van der Waals surface area contributed by atoms with Crippen LogP contribution in [0.1, 0.15) is 25.7 Å². The summed E-state index contributed by atoms with van der Waals surface area (Å²) in [6.45, 7) is 0. The molecule has 2 aliphatic rings. The second-order valence-electron chi connectivity index (χ2n) is 5.78. The molecule has 0 aromatic heterocycles. The number of amides is 1. The van der Waals surface area contributed by atoms with Crippen molar-refractivity contribution in [1.29, 1.82) is 0 Å². The Morgan fingerprint density at radius 2 is 2.19 bits per heavy atom. The fourth-order valence-electron chi connectivity index (χ4n) is 3.22. The molecule has 0 saturated heterocycles. The van der Waals surface area contributed by atoms with Crippen LogP contribution in [-0.4, -0.2) is 10.8 Å². The summed E-state index contributed by atoms with van der Waals surface area (Å²) in [5, 5.41) is 13.6. The Hall–Kier alpha value is -2.17. The van der Waals surface area contributed by atoms with Gasteiger partial charge in [0.05, 0.1) is 4.92 Å². The molecule has 1 aromatic carbocycles. The zero-order valence-corrected chi connectivity index (χ0v) is 11.7. The molecule has 0 aliphatic heterocycles. The largest absolute Gasteiger partial charge is 0.326 e. The van der Waals surface area contributed by atoms with Crippen LogP contribution in [0.5, 0.6) is 0 Å². The second kappa shape index (κ2) is 5.68. The molecule has 0 radical (unpaired) electrons. The third-order valence-corrected chi connectivity index (χ3v) is 4.37. The average Bonchev–Trinajstić information content (AvgIpc) is 3.10. The number of hydrogen-bond acceptors (Lipinski definition) is 3. The number of carbonyl (C=O) groups is 1. The first kappa shape index (κ1) is 13.8. The lowest BCUT2D eigenvalue weighted by Gasteiger charge is -2.04. The van der Waals surface area contributed by atoms with Gasteiger partial charge in [0.25, 0.3) is 5.69 Å². The Kier molecular flexibility index (Phi) is 3.73. The highest BCUT2D eigenvalue weighted by molar-refractivity contribution is 5.95. The Morgan fingerprint density at radius 1 is 1.33 bits per heavy atom. The topological polar surface area (TPSA) is 72.2 Å². The van der Waals surface area contributed by atoms with E-state index in [9.17, 15) is 14.9 Å². The number of nitro groups is 1. The van der Waals surface area contributed by atoms with Crippen LogP contribution in [0.3, 0.4) is 0 Å². The van der Waals surface area contributed by atoms with Gasteiger partial charge in [-0.3, -0.25) is 14.9 Å². The maximum absolute atomic E-state index is 12.3. The van der Waals surface area contributed by atoms with Gasteiger partial charge in [-0.25, -0.2) is 0 Å². The first-order valence-electron chi connectivity index (χ1n) is 7.39. The van der Waals surface area contributed by atoms with Crippen molar-refractivity contribution in [2.24, 2.45) is 17.8 Å². The summed E-state index contributed by atoms with van der Waals surface area (Å²) >= 11 is 0. The number of hydrogen-bond donors (Lipinski definition) is 1. The van der Waals surface area contributed by atoms with E-state index in [4.69, 9.17) is 0 Å². The van der Waals surface area contributed by atoms with E-state index in [1.54, 1.807) is 12.1 Å². The predicted molar refractivity (Wildman–Crippen MR) is 79.8 cm³/mol. The molecule has 1 saturated carbocycles. The van der Waals surface area contributed by atoms with Crippen molar-refractivity contribution in [3.05, 3.63) is 46.5 Å². The number of nitrogens with zero attached hydrogens (tertiary/aromatic N) is 1. The lowest BCUT2D eigenvalue weighted by atomic mass is 10.1. The first-order chi connectivity index (χ1) is 10.2. The Morgan fingerprint density at radius 3 is 3.00 bits per heavy atom. The van der Waals surface area contributed by atoms with E-state index in [1.807, 2.05) is 0 Å². The van der Waals surface area contributed by atoms with Gasteiger partial charge in [-0.1, -0.05) is 24.6 Å². The van der Waals surface area contributed by atoms with Gasteiger partial charge in [0.1, 0.15) is 0 Å². The van der Waals surface area contributed by atoms with Gasteiger partial charge >= 0.3 is 0 Å². The summed E-state index contributed by atoms with van der Waals surface area (Å²) in [6, 6.07) is 6.09. The number of allylic oxidation sites excluding steroid dienone is 2. The highest BCUT2D eigenvalue weighted by Crippen LogP contribution is 2.51. The molecular formula is C16H18N2O3. The van der Waals surface area contributed by atoms with Gasteiger partial charge in [-0.05, 0) is 37.2 Å². The fraction of sp³-hybridized carbons (Fsp3) is 0.438. The molecular weight excluding hydrogens is 268 g/mol. The number of carbonyl (C=O) groups excluding carboxylic acids is 1. The van der Waals surface area contributed by atoms with Crippen LogP contribution in [-0.2, 0) is 4.79 Å². The summed E-state index contributed by atoms with van der Waals surface area (Å²) in [5.41, 5.74) is 0.493. The molecule has 3 atom stereocenters. The van der Waals surface area contributed by atoms with E-state index in [-0.39, 0.29) is 17.5 Å². The highest BCUT2D eigenvalue weighted by Gasteiger charge is 2.52. The van der Waals surface area contributed by atoms with Crippen molar-refractivity contribution in [2.45, 2.75) is 25.7 Å². The normalized spacial score (nSPS) is 27.1. The summed E-state index contributed by atoms with van der Waals surface area (Å²) in [5.74, 6) is 0.805. The first-order valence-corrected chi connectivity index (χ1v) is 7.39. The van der Waals surface area contributed by atoms with E-state index < -0.39 is 4.92 Å². The van der Waals surface area contributed by atoms with Crippen molar-refractivity contribution in [3.63, 3.8) is 0 Å². The van der Waals surface area contributed by atoms with E-state index in [0.29, 0.717) is 17.5 Å². The van der Waals surface area contributed by atoms with Gasteiger partial charge < -0.3 is 5.32 Å². The summed E-state index contributed by atoms with van der Waals surface area (Å²) in [4.78, 5) is 22.6. The number of fused-ring (bicyclic) bond motifs is 1. The van der Waals surface area contributed by atoms with Crippen LogP contribution in [0.15, 0.2) is 36.4 Å². The van der Waals surface area contributed by atoms with Gasteiger partial charge in [-0.2, -0.15) is 0 Å². The van der Waals surface area contributed by atoms with E-state index in [2.05, 4.69) is 17.5 Å². The molecule has 1 N–H and O–H groups in total. The van der Waals surface area contributed by atoms with Crippen molar-refractivity contribution in [1.82, 2.24) is 0 Å². The monoisotopic (exact) mass is 286 g/mol. The number of nitro benzene ring substituents is 1. The van der Waals surface area contributed by atoms with Crippen molar-refractivity contribution < 1.29 is 9.72 Å². The van der Waals surface area contributed by atoms with Crippen LogP contribution >= 0.6 is 0 Å². The summed E-state index contributed by atoms with van der Waals surface area (Å²) < 4.78 is 0. The SMILES string of the molecule is O=C(Nc1cccc([N+](=O)[O-])c1)[C@@H]1[C@@H]2C=CCCCC[C@H]21. The molecule has 1 amide bonds. The number of rotatable bonds is 3. The smallest absolute Gasteiger partial charge is 0.271 e. The molecule has 21 heavy (non-hydrogen) atoms. The molecule has 5 nitrogen and oxygen atoms in total. The zero-order chi connectivity index (χ0) is 14.8. The van der Waals surface area contributed by atoms with Crippen LogP contribution < -0.4 is 5.32 Å². The maximum Gasteiger partial charge on any atom is 0.271 e. The lowest BCUT2D eigenvalue weighted by Crippen LogP contribution is -2.15. The third kappa shape index (κ3) is 2.96. The third-order valence-electron chi connectivity index (χ3n) is 4.37. The lowest BCUT2D eigenvalue weighted by molar-refractivity contribution is -0.384. The predicted octanol–water partition coefficient (Wildman–Crippen LogP) is 3.53.